The first-order valence-corrected chi connectivity index (χ1v) is 6.53. The molecule has 0 radical (unpaired) electrons. The van der Waals surface area contributed by atoms with E-state index in [-0.39, 0.29) is 16.7 Å². The van der Waals surface area contributed by atoms with Crippen molar-refractivity contribution in [2.24, 2.45) is 5.92 Å². The lowest BCUT2D eigenvalue weighted by molar-refractivity contribution is -0.385. The van der Waals surface area contributed by atoms with Gasteiger partial charge >= 0.3 is 0 Å². The average molecular weight is 265 g/mol. The van der Waals surface area contributed by atoms with E-state index in [9.17, 15) is 10.1 Å². The Bertz CT molecular complexity index is 458. The van der Waals surface area contributed by atoms with E-state index in [4.69, 9.17) is 4.74 Å². The molecule has 104 valence electrons. The number of nitro groups is 1. The van der Waals surface area contributed by atoms with Crippen molar-refractivity contribution in [3.8, 4) is 0 Å². The van der Waals surface area contributed by atoms with Gasteiger partial charge in [-0.25, -0.2) is 4.98 Å². The van der Waals surface area contributed by atoms with Crippen LogP contribution in [0.4, 0.5) is 11.5 Å². The molecule has 0 bridgehead atoms. The Labute approximate surface area is 112 Å². The fourth-order valence-electron chi connectivity index (χ4n) is 2.36. The largest absolute Gasteiger partial charge is 0.381 e. The highest BCUT2D eigenvalue weighted by atomic mass is 16.6. The molecule has 1 aliphatic rings. The molecule has 1 aromatic heterocycles. The van der Waals surface area contributed by atoms with Gasteiger partial charge in [0.2, 0.25) is 0 Å². The van der Waals surface area contributed by atoms with Crippen LogP contribution < -0.4 is 5.32 Å². The highest BCUT2D eigenvalue weighted by Crippen LogP contribution is 2.24. The van der Waals surface area contributed by atoms with Crippen molar-refractivity contribution in [1.29, 1.82) is 0 Å². The van der Waals surface area contributed by atoms with Crippen molar-refractivity contribution in [2.75, 3.05) is 18.5 Å². The van der Waals surface area contributed by atoms with E-state index >= 15 is 0 Å². The molecule has 6 nitrogen and oxygen atoms in total. The Balaban J connectivity index is 2.05. The van der Waals surface area contributed by atoms with E-state index in [0.29, 0.717) is 17.3 Å². The summed E-state index contributed by atoms with van der Waals surface area (Å²) >= 11 is 0. The molecule has 0 aromatic carbocycles. The van der Waals surface area contributed by atoms with Gasteiger partial charge in [-0.05, 0) is 32.6 Å². The number of rotatable bonds is 4. The van der Waals surface area contributed by atoms with Gasteiger partial charge < -0.3 is 10.1 Å². The van der Waals surface area contributed by atoms with Gasteiger partial charge in [0.05, 0.1) is 11.0 Å². The minimum absolute atomic E-state index is 0.108. The van der Waals surface area contributed by atoms with Crippen LogP contribution in [0.1, 0.15) is 25.3 Å². The average Bonchev–Trinajstić information content (AvgIpc) is 2.41. The molecule has 6 heteroatoms. The topological polar surface area (TPSA) is 77.3 Å². The van der Waals surface area contributed by atoms with Crippen LogP contribution in [0, 0.1) is 23.0 Å². The standard InChI is InChI=1S/C13H19N3O3/c1-9-8-14-13(7-12(9)16(17)18)15-10(2)11-3-5-19-6-4-11/h7-8,10-11H,3-6H2,1-2H3,(H,14,15). The number of aryl methyl sites for hydroxylation is 1. The normalized spacial score (nSPS) is 18.0. The maximum absolute atomic E-state index is 10.9. The van der Waals surface area contributed by atoms with E-state index in [1.807, 2.05) is 0 Å². The summed E-state index contributed by atoms with van der Waals surface area (Å²) in [7, 11) is 0. The van der Waals surface area contributed by atoms with Gasteiger partial charge in [-0.15, -0.1) is 0 Å². The fourth-order valence-corrected chi connectivity index (χ4v) is 2.36. The van der Waals surface area contributed by atoms with Crippen LogP contribution in [0.5, 0.6) is 0 Å². The molecule has 1 fully saturated rings. The van der Waals surface area contributed by atoms with Crippen molar-refractivity contribution in [1.82, 2.24) is 4.98 Å². The summed E-state index contributed by atoms with van der Waals surface area (Å²) in [6, 6.07) is 1.74. The van der Waals surface area contributed by atoms with Crippen LogP contribution in [0.25, 0.3) is 0 Å². The van der Waals surface area contributed by atoms with Gasteiger partial charge in [0.15, 0.2) is 0 Å². The van der Waals surface area contributed by atoms with E-state index < -0.39 is 0 Å². The number of aromatic nitrogens is 1. The summed E-state index contributed by atoms with van der Waals surface area (Å²) < 4.78 is 5.33. The molecule has 0 aliphatic carbocycles. The molecule has 0 amide bonds. The number of ether oxygens (including phenoxy) is 1. The summed E-state index contributed by atoms with van der Waals surface area (Å²) in [5.41, 5.74) is 0.686. The Hall–Kier alpha value is -1.69. The highest BCUT2D eigenvalue weighted by Gasteiger charge is 2.21. The van der Waals surface area contributed by atoms with Crippen molar-refractivity contribution in [2.45, 2.75) is 32.7 Å². The zero-order valence-corrected chi connectivity index (χ0v) is 11.3. The smallest absolute Gasteiger partial charge is 0.277 e. The summed E-state index contributed by atoms with van der Waals surface area (Å²) in [4.78, 5) is 14.7. The van der Waals surface area contributed by atoms with E-state index in [1.54, 1.807) is 6.92 Å². The predicted octanol–water partition coefficient (Wildman–Crippen LogP) is 2.53. The predicted molar refractivity (Wildman–Crippen MR) is 72.3 cm³/mol. The summed E-state index contributed by atoms with van der Waals surface area (Å²) in [5.74, 6) is 1.09. The number of hydrogen-bond donors (Lipinski definition) is 1. The molecular weight excluding hydrogens is 246 g/mol. The Kier molecular flexibility index (Phi) is 4.31. The lowest BCUT2D eigenvalue weighted by atomic mass is 9.93. The van der Waals surface area contributed by atoms with Crippen LogP contribution >= 0.6 is 0 Å². The second kappa shape index (κ2) is 5.97. The van der Waals surface area contributed by atoms with Crippen molar-refractivity contribution < 1.29 is 9.66 Å². The first kappa shape index (κ1) is 13.7. The third-order valence-electron chi connectivity index (χ3n) is 3.62. The van der Waals surface area contributed by atoms with Gasteiger partial charge in [0.25, 0.3) is 5.69 Å². The molecule has 2 heterocycles. The molecule has 0 saturated carbocycles. The summed E-state index contributed by atoms with van der Waals surface area (Å²) in [6.07, 6.45) is 3.57. The van der Waals surface area contributed by atoms with Crippen LogP contribution in [-0.2, 0) is 4.74 Å². The van der Waals surface area contributed by atoms with Gasteiger partial charge in [-0.3, -0.25) is 10.1 Å². The van der Waals surface area contributed by atoms with Crippen LogP contribution in [0.2, 0.25) is 0 Å². The number of nitrogens with one attached hydrogen (secondary N) is 1. The zero-order valence-electron chi connectivity index (χ0n) is 11.3. The minimum atomic E-state index is -0.374. The van der Waals surface area contributed by atoms with Crippen molar-refractivity contribution in [3.63, 3.8) is 0 Å². The second-order valence-electron chi connectivity index (χ2n) is 5.00. The first-order chi connectivity index (χ1) is 9.08. The van der Waals surface area contributed by atoms with E-state index in [1.165, 1.54) is 12.3 Å². The fraction of sp³-hybridized carbons (Fsp3) is 0.615. The molecule has 2 rings (SSSR count). The van der Waals surface area contributed by atoms with Gasteiger partial charge in [0, 0.05) is 31.0 Å². The number of hydrogen-bond acceptors (Lipinski definition) is 5. The number of pyridine rings is 1. The number of nitrogens with zero attached hydrogens (tertiary/aromatic N) is 2. The van der Waals surface area contributed by atoms with Gasteiger partial charge in [0.1, 0.15) is 5.82 Å². The SMILES string of the molecule is Cc1cnc(NC(C)C2CCOCC2)cc1[N+](=O)[O-]. The van der Waals surface area contributed by atoms with E-state index in [2.05, 4.69) is 17.2 Å². The van der Waals surface area contributed by atoms with Gasteiger partial charge in [-0.2, -0.15) is 0 Å². The first-order valence-electron chi connectivity index (χ1n) is 6.53. The van der Waals surface area contributed by atoms with Crippen molar-refractivity contribution in [3.05, 3.63) is 27.9 Å². The zero-order chi connectivity index (χ0) is 13.8. The lowest BCUT2D eigenvalue weighted by Crippen LogP contribution is -2.31. The Morgan fingerprint density at radius 3 is 2.84 bits per heavy atom. The molecule has 1 atom stereocenters. The molecule has 1 N–H and O–H groups in total. The second-order valence-corrected chi connectivity index (χ2v) is 5.00. The number of anilines is 1. The minimum Gasteiger partial charge on any atom is -0.381 e. The molecule has 1 aliphatic heterocycles. The molecular formula is C13H19N3O3. The Morgan fingerprint density at radius 1 is 1.53 bits per heavy atom. The van der Waals surface area contributed by atoms with Crippen LogP contribution in [-0.4, -0.2) is 29.2 Å². The van der Waals surface area contributed by atoms with E-state index in [0.717, 1.165) is 26.1 Å². The molecule has 1 unspecified atom stereocenters. The molecule has 0 spiro atoms. The molecule has 19 heavy (non-hydrogen) atoms. The maximum atomic E-state index is 10.9. The third kappa shape index (κ3) is 3.41. The highest BCUT2D eigenvalue weighted by molar-refractivity contribution is 5.49. The lowest BCUT2D eigenvalue weighted by Gasteiger charge is -2.28. The Morgan fingerprint density at radius 2 is 2.21 bits per heavy atom. The van der Waals surface area contributed by atoms with Crippen molar-refractivity contribution >= 4 is 11.5 Å². The third-order valence-corrected chi connectivity index (χ3v) is 3.62. The van der Waals surface area contributed by atoms with Gasteiger partial charge in [-0.1, -0.05) is 0 Å². The van der Waals surface area contributed by atoms with Crippen LogP contribution in [0.3, 0.4) is 0 Å². The maximum Gasteiger partial charge on any atom is 0.277 e. The molecule has 1 saturated heterocycles. The summed E-state index contributed by atoms with van der Waals surface area (Å²) in [5, 5.41) is 14.2. The molecule has 1 aromatic rings. The quantitative estimate of drug-likeness (QED) is 0.668. The summed E-state index contributed by atoms with van der Waals surface area (Å²) in [6.45, 7) is 5.36. The monoisotopic (exact) mass is 265 g/mol. The van der Waals surface area contributed by atoms with Crippen LogP contribution in [0.15, 0.2) is 12.3 Å².